The summed E-state index contributed by atoms with van der Waals surface area (Å²) in [6, 6.07) is 0. The maximum atomic E-state index is 10.0. The van der Waals surface area contributed by atoms with Gasteiger partial charge in [0.2, 0.25) is 0 Å². The van der Waals surface area contributed by atoms with Gasteiger partial charge in [-0.1, -0.05) is 34.6 Å². The van der Waals surface area contributed by atoms with Gasteiger partial charge >= 0.3 is 0 Å². The van der Waals surface area contributed by atoms with Gasteiger partial charge in [-0.05, 0) is 17.8 Å². The number of rotatable bonds is 5. The van der Waals surface area contributed by atoms with Crippen LogP contribution in [-0.4, -0.2) is 26.0 Å². The zero-order valence-electron chi connectivity index (χ0n) is 11.6. The minimum atomic E-state index is -0.342. The van der Waals surface area contributed by atoms with Crippen LogP contribution in [0.1, 0.15) is 46.9 Å². The van der Waals surface area contributed by atoms with Crippen LogP contribution in [-0.2, 0) is 13.0 Å². The van der Waals surface area contributed by atoms with Crippen molar-refractivity contribution in [3.8, 4) is 0 Å². The molecular weight excluding hydrogens is 214 g/mol. The fraction of sp³-hybridized carbons (Fsp3) is 0.846. The number of nitrogens with zero attached hydrogens (tertiary/aromatic N) is 3. The molecule has 0 aliphatic carbocycles. The molecule has 1 atom stereocenters. The lowest BCUT2D eigenvalue weighted by Crippen LogP contribution is -2.22. The smallest absolute Gasteiger partial charge is 0.138 e. The lowest BCUT2D eigenvalue weighted by atomic mass is 9.88. The fourth-order valence-electron chi connectivity index (χ4n) is 1.93. The first kappa shape index (κ1) is 14.2. The number of hydrogen-bond donors (Lipinski definition) is 1. The van der Waals surface area contributed by atoms with E-state index in [4.69, 9.17) is 0 Å². The summed E-state index contributed by atoms with van der Waals surface area (Å²) in [4.78, 5) is 4.23. The minimum Gasteiger partial charge on any atom is -0.393 e. The van der Waals surface area contributed by atoms with Crippen LogP contribution in [0, 0.1) is 11.3 Å². The van der Waals surface area contributed by atoms with E-state index in [0.29, 0.717) is 12.3 Å². The number of aliphatic hydroxyl groups is 1. The zero-order valence-corrected chi connectivity index (χ0v) is 11.6. The molecule has 1 heterocycles. The van der Waals surface area contributed by atoms with E-state index in [1.54, 1.807) is 6.33 Å². The Labute approximate surface area is 104 Å². The summed E-state index contributed by atoms with van der Waals surface area (Å²) in [5.74, 6) is 1.42. The van der Waals surface area contributed by atoms with Crippen molar-refractivity contribution in [3.63, 3.8) is 0 Å². The minimum absolute atomic E-state index is 0.141. The molecule has 1 rings (SSSR count). The summed E-state index contributed by atoms with van der Waals surface area (Å²) < 4.78 is 1.90. The van der Waals surface area contributed by atoms with Crippen LogP contribution in [0.2, 0.25) is 0 Å². The van der Waals surface area contributed by atoms with Crippen molar-refractivity contribution in [1.82, 2.24) is 14.8 Å². The van der Waals surface area contributed by atoms with Crippen molar-refractivity contribution in [1.29, 1.82) is 0 Å². The van der Waals surface area contributed by atoms with Gasteiger partial charge in [0.1, 0.15) is 12.2 Å². The van der Waals surface area contributed by atoms with Gasteiger partial charge in [0, 0.05) is 13.0 Å². The molecule has 0 bridgehead atoms. The summed E-state index contributed by atoms with van der Waals surface area (Å²) in [5.41, 5.74) is 0.141. The molecule has 0 spiro atoms. The first-order chi connectivity index (χ1) is 7.78. The summed E-state index contributed by atoms with van der Waals surface area (Å²) in [5, 5.41) is 14.2. The Bertz CT molecular complexity index is 339. The molecule has 0 aliphatic rings. The SMILES string of the molecule is CC(C)Cn1ncnc1CC(O)CC(C)(C)C. The molecule has 0 saturated heterocycles. The first-order valence-electron chi connectivity index (χ1n) is 6.32. The Morgan fingerprint density at radius 1 is 1.35 bits per heavy atom. The Kier molecular flexibility index (Phi) is 4.69. The molecule has 0 aromatic carbocycles. The van der Waals surface area contributed by atoms with E-state index in [-0.39, 0.29) is 11.5 Å². The highest BCUT2D eigenvalue weighted by atomic mass is 16.3. The van der Waals surface area contributed by atoms with Gasteiger partial charge < -0.3 is 5.11 Å². The van der Waals surface area contributed by atoms with Crippen molar-refractivity contribution >= 4 is 0 Å². The quantitative estimate of drug-likeness (QED) is 0.857. The van der Waals surface area contributed by atoms with Crippen LogP contribution in [0.4, 0.5) is 0 Å². The second-order valence-electron chi connectivity index (χ2n) is 6.37. The lowest BCUT2D eigenvalue weighted by Gasteiger charge is -2.22. The van der Waals surface area contributed by atoms with Gasteiger partial charge in [-0.25, -0.2) is 9.67 Å². The van der Waals surface area contributed by atoms with Gasteiger partial charge in [-0.2, -0.15) is 5.10 Å². The average Bonchev–Trinajstić information content (AvgIpc) is 2.47. The van der Waals surface area contributed by atoms with Crippen LogP contribution in [0.3, 0.4) is 0 Å². The Morgan fingerprint density at radius 3 is 2.53 bits per heavy atom. The molecule has 0 fully saturated rings. The summed E-state index contributed by atoms with van der Waals surface area (Å²) in [6.45, 7) is 11.6. The van der Waals surface area contributed by atoms with Crippen molar-refractivity contribution in [3.05, 3.63) is 12.2 Å². The van der Waals surface area contributed by atoms with Gasteiger partial charge in [0.25, 0.3) is 0 Å². The molecular formula is C13H25N3O. The first-order valence-corrected chi connectivity index (χ1v) is 6.32. The van der Waals surface area contributed by atoms with Gasteiger partial charge in [0.05, 0.1) is 6.10 Å². The van der Waals surface area contributed by atoms with E-state index >= 15 is 0 Å². The predicted octanol–water partition coefficient (Wildman–Crippen LogP) is 2.27. The van der Waals surface area contributed by atoms with Gasteiger partial charge in [-0.15, -0.1) is 0 Å². The zero-order chi connectivity index (χ0) is 13.1. The molecule has 4 nitrogen and oxygen atoms in total. The number of hydrogen-bond acceptors (Lipinski definition) is 3. The van der Waals surface area contributed by atoms with E-state index in [1.807, 2.05) is 4.68 Å². The van der Waals surface area contributed by atoms with Crippen LogP contribution in [0.5, 0.6) is 0 Å². The van der Waals surface area contributed by atoms with E-state index < -0.39 is 0 Å². The van der Waals surface area contributed by atoms with E-state index in [0.717, 1.165) is 18.8 Å². The third-order valence-electron chi connectivity index (χ3n) is 2.50. The molecule has 0 aliphatic heterocycles. The highest BCUT2D eigenvalue weighted by Crippen LogP contribution is 2.22. The Hall–Kier alpha value is -0.900. The molecule has 0 saturated carbocycles. The van der Waals surface area contributed by atoms with Gasteiger partial charge in [0.15, 0.2) is 0 Å². The largest absolute Gasteiger partial charge is 0.393 e. The topological polar surface area (TPSA) is 50.9 Å². The normalized spacial score (nSPS) is 14.3. The van der Waals surface area contributed by atoms with Crippen molar-refractivity contribution in [2.75, 3.05) is 0 Å². The molecule has 0 radical (unpaired) electrons. The molecule has 17 heavy (non-hydrogen) atoms. The molecule has 1 N–H and O–H groups in total. The average molecular weight is 239 g/mol. The number of aromatic nitrogens is 3. The molecule has 1 aromatic rings. The van der Waals surface area contributed by atoms with Crippen LogP contribution < -0.4 is 0 Å². The highest BCUT2D eigenvalue weighted by molar-refractivity contribution is 4.88. The van der Waals surface area contributed by atoms with Crippen molar-refractivity contribution in [2.45, 2.75) is 60.1 Å². The van der Waals surface area contributed by atoms with Crippen LogP contribution in [0.15, 0.2) is 6.33 Å². The summed E-state index contributed by atoms with van der Waals surface area (Å²) >= 11 is 0. The van der Waals surface area contributed by atoms with E-state index in [1.165, 1.54) is 0 Å². The molecule has 0 amide bonds. The summed E-state index contributed by atoms with van der Waals surface area (Å²) in [7, 11) is 0. The van der Waals surface area contributed by atoms with Gasteiger partial charge in [-0.3, -0.25) is 0 Å². The lowest BCUT2D eigenvalue weighted by molar-refractivity contribution is 0.118. The Morgan fingerprint density at radius 2 is 2.00 bits per heavy atom. The fourth-order valence-corrected chi connectivity index (χ4v) is 1.93. The highest BCUT2D eigenvalue weighted by Gasteiger charge is 2.19. The maximum Gasteiger partial charge on any atom is 0.138 e. The van der Waals surface area contributed by atoms with Crippen LogP contribution in [0.25, 0.3) is 0 Å². The third-order valence-corrected chi connectivity index (χ3v) is 2.50. The standard InChI is InChI=1S/C13H25N3O/c1-10(2)8-16-12(14-9-15-16)6-11(17)7-13(3,4)5/h9-11,17H,6-8H2,1-5H3. The Balaban J connectivity index is 2.59. The van der Waals surface area contributed by atoms with Crippen molar-refractivity contribution < 1.29 is 5.11 Å². The molecule has 98 valence electrons. The molecule has 4 heteroatoms. The second-order valence-corrected chi connectivity index (χ2v) is 6.37. The monoisotopic (exact) mass is 239 g/mol. The van der Waals surface area contributed by atoms with E-state index in [9.17, 15) is 5.11 Å². The maximum absolute atomic E-state index is 10.0. The van der Waals surface area contributed by atoms with Crippen LogP contribution >= 0.6 is 0 Å². The second kappa shape index (κ2) is 5.63. The third kappa shape index (κ3) is 5.31. The summed E-state index contributed by atoms with van der Waals surface area (Å²) in [6.07, 6.45) is 2.60. The molecule has 1 unspecified atom stereocenters. The predicted molar refractivity (Wildman–Crippen MR) is 68.6 cm³/mol. The van der Waals surface area contributed by atoms with E-state index in [2.05, 4.69) is 44.7 Å². The van der Waals surface area contributed by atoms with Crippen molar-refractivity contribution in [2.24, 2.45) is 11.3 Å². The number of aliphatic hydroxyl groups excluding tert-OH is 1. The molecule has 1 aromatic heterocycles.